The molecule has 11 aromatic rings. The quantitative estimate of drug-likeness (QED) is 0.186. The van der Waals surface area contributed by atoms with Crippen LogP contribution in [0.3, 0.4) is 0 Å². The lowest BCUT2D eigenvalue weighted by molar-refractivity contribution is 1.18. The van der Waals surface area contributed by atoms with Crippen LogP contribution in [0.4, 0.5) is 0 Å². The summed E-state index contributed by atoms with van der Waals surface area (Å²) in [6.07, 6.45) is 0. The number of benzene rings is 9. The second kappa shape index (κ2) is 13.3. The minimum Gasteiger partial charge on any atom is -0.398 e. The maximum absolute atomic E-state index is 7.24. The molecular formula is C57H39N3. The lowest BCUT2D eigenvalue weighted by Crippen LogP contribution is -2.03. The van der Waals surface area contributed by atoms with Gasteiger partial charge in [-0.05, 0) is 118 Å². The van der Waals surface area contributed by atoms with Gasteiger partial charge in [0.2, 0.25) is 0 Å². The van der Waals surface area contributed by atoms with Gasteiger partial charge in [0.05, 0.1) is 22.1 Å². The second-order valence-corrected chi connectivity index (χ2v) is 16.0. The minimum atomic E-state index is 0.793. The Morgan fingerprint density at radius 2 is 0.867 bits per heavy atom. The van der Waals surface area contributed by atoms with Crippen LogP contribution in [0.25, 0.3) is 99.6 Å². The average Bonchev–Trinajstić information content (AvgIpc) is 3.95. The van der Waals surface area contributed by atoms with E-state index >= 15 is 0 Å². The van der Waals surface area contributed by atoms with Gasteiger partial charge in [-0.15, -0.1) is 0 Å². The standard InChI is InChI=1S/C57H39N3/c1-36-14-11-25-47-44-21-5-6-24-48(44)56(55(36)47)57(58)41-18-13-20-43(33-41)60-52-27-10-8-23-46(52)50-35-40(29-31-54(50)60)39-28-30-53-49(34-39)45-22-7-9-26-51(45)59(53)42-19-12-17-38(32-42)37-15-3-2-4-16-37/h2-35H,58H2,1H3/b57-56-. The van der Waals surface area contributed by atoms with E-state index in [-0.39, 0.29) is 0 Å². The van der Waals surface area contributed by atoms with E-state index in [2.05, 4.69) is 222 Å². The first kappa shape index (κ1) is 34.2. The van der Waals surface area contributed by atoms with E-state index in [1.54, 1.807) is 0 Å². The normalized spacial score (nSPS) is 13.0. The summed E-state index contributed by atoms with van der Waals surface area (Å²) in [5.41, 5.74) is 28.0. The van der Waals surface area contributed by atoms with E-state index in [1.165, 1.54) is 82.6 Å². The number of nitrogens with zero attached hydrogens (tertiary/aromatic N) is 2. The number of para-hydroxylation sites is 2. The highest BCUT2D eigenvalue weighted by molar-refractivity contribution is 6.13. The summed E-state index contributed by atoms with van der Waals surface area (Å²) in [5, 5.41) is 4.92. The van der Waals surface area contributed by atoms with Crippen LogP contribution in [0.1, 0.15) is 22.3 Å². The fourth-order valence-electron chi connectivity index (χ4n) is 9.85. The Morgan fingerprint density at radius 1 is 0.367 bits per heavy atom. The Balaban J connectivity index is 0.984. The summed E-state index contributed by atoms with van der Waals surface area (Å²) in [6, 6.07) is 74.8. The van der Waals surface area contributed by atoms with Crippen LogP contribution in [-0.2, 0) is 0 Å². The van der Waals surface area contributed by atoms with Gasteiger partial charge >= 0.3 is 0 Å². The molecule has 0 unspecified atom stereocenters. The fraction of sp³-hybridized carbons (Fsp3) is 0.0175. The molecule has 3 nitrogen and oxygen atoms in total. The summed E-state index contributed by atoms with van der Waals surface area (Å²) in [5.74, 6) is 0. The van der Waals surface area contributed by atoms with Crippen molar-refractivity contribution in [1.82, 2.24) is 9.13 Å². The van der Waals surface area contributed by atoms with Gasteiger partial charge in [0.25, 0.3) is 0 Å². The number of hydrogen-bond acceptors (Lipinski definition) is 1. The van der Waals surface area contributed by atoms with Crippen LogP contribution in [0.5, 0.6) is 0 Å². The Hall–Kier alpha value is -7.88. The number of aryl methyl sites for hydroxylation is 1. The molecule has 282 valence electrons. The number of hydrogen-bond donors (Lipinski definition) is 1. The Kier molecular flexibility index (Phi) is 7.60. The van der Waals surface area contributed by atoms with Gasteiger partial charge < -0.3 is 14.9 Å². The molecule has 3 heteroatoms. The van der Waals surface area contributed by atoms with Gasteiger partial charge in [0.1, 0.15) is 0 Å². The first-order valence-corrected chi connectivity index (χ1v) is 20.6. The molecule has 12 rings (SSSR count). The Bertz CT molecular complexity index is 3560. The molecule has 2 N–H and O–H groups in total. The molecule has 0 radical (unpaired) electrons. The zero-order chi connectivity index (χ0) is 39.9. The van der Waals surface area contributed by atoms with Gasteiger partial charge in [-0.25, -0.2) is 0 Å². The molecule has 1 aliphatic carbocycles. The van der Waals surface area contributed by atoms with Gasteiger partial charge in [0.15, 0.2) is 0 Å². The summed E-state index contributed by atoms with van der Waals surface area (Å²) in [7, 11) is 0. The third-order valence-electron chi connectivity index (χ3n) is 12.6. The highest BCUT2D eigenvalue weighted by Crippen LogP contribution is 2.48. The highest BCUT2D eigenvalue weighted by Gasteiger charge is 2.27. The Morgan fingerprint density at radius 3 is 1.55 bits per heavy atom. The summed E-state index contributed by atoms with van der Waals surface area (Å²) >= 11 is 0. The zero-order valence-corrected chi connectivity index (χ0v) is 33.1. The number of nitrogens with two attached hydrogens (primary N) is 1. The molecule has 9 aromatic carbocycles. The first-order chi connectivity index (χ1) is 29.6. The second-order valence-electron chi connectivity index (χ2n) is 16.0. The number of fused-ring (bicyclic) bond motifs is 9. The SMILES string of the molecule is Cc1cccc2c1/C(=C(\N)c1cccc(-n3c4ccccc4c4cc(-c5ccc6c(c5)c5ccccc5n6-c5cccc(-c6ccccc6)c5)ccc43)c1)c1ccccc1-2. The van der Waals surface area contributed by atoms with Crippen molar-refractivity contribution in [2.24, 2.45) is 5.73 Å². The predicted octanol–water partition coefficient (Wildman–Crippen LogP) is 14.4. The molecule has 0 amide bonds. The largest absolute Gasteiger partial charge is 0.398 e. The summed E-state index contributed by atoms with van der Waals surface area (Å²) < 4.78 is 4.79. The van der Waals surface area contributed by atoms with Gasteiger partial charge in [-0.3, -0.25) is 0 Å². The monoisotopic (exact) mass is 765 g/mol. The molecule has 0 saturated carbocycles. The minimum absolute atomic E-state index is 0.793. The molecule has 0 bridgehead atoms. The zero-order valence-electron chi connectivity index (χ0n) is 33.1. The van der Waals surface area contributed by atoms with Crippen LogP contribution in [-0.4, -0.2) is 9.13 Å². The molecule has 2 heterocycles. The number of rotatable bonds is 5. The summed E-state index contributed by atoms with van der Waals surface area (Å²) in [6.45, 7) is 2.18. The van der Waals surface area contributed by atoms with Crippen molar-refractivity contribution in [3.05, 3.63) is 229 Å². The van der Waals surface area contributed by atoms with Crippen molar-refractivity contribution in [2.45, 2.75) is 6.92 Å². The molecule has 2 aromatic heterocycles. The third kappa shape index (κ3) is 5.16. The molecule has 1 aliphatic rings. The van der Waals surface area contributed by atoms with Crippen molar-refractivity contribution < 1.29 is 0 Å². The fourth-order valence-corrected chi connectivity index (χ4v) is 9.85. The molecule has 0 aliphatic heterocycles. The highest BCUT2D eigenvalue weighted by atomic mass is 15.0. The molecular weight excluding hydrogens is 727 g/mol. The maximum atomic E-state index is 7.24. The van der Waals surface area contributed by atoms with E-state index in [0.29, 0.717) is 0 Å². The topological polar surface area (TPSA) is 35.9 Å². The van der Waals surface area contributed by atoms with E-state index in [1.807, 2.05) is 0 Å². The first-order valence-electron chi connectivity index (χ1n) is 20.6. The van der Waals surface area contributed by atoms with Crippen LogP contribution < -0.4 is 5.73 Å². The van der Waals surface area contributed by atoms with E-state index in [9.17, 15) is 0 Å². The summed E-state index contributed by atoms with van der Waals surface area (Å²) in [4.78, 5) is 0. The average molecular weight is 766 g/mol. The lowest BCUT2D eigenvalue weighted by atomic mass is 9.95. The van der Waals surface area contributed by atoms with Crippen molar-refractivity contribution in [1.29, 1.82) is 0 Å². The number of aromatic nitrogens is 2. The van der Waals surface area contributed by atoms with E-state index in [4.69, 9.17) is 5.73 Å². The lowest BCUT2D eigenvalue weighted by Gasteiger charge is -2.14. The van der Waals surface area contributed by atoms with E-state index < -0.39 is 0 Å². The van der Waals surface area contributed by atoms with E-state index in [0.717, 1.165) is 39.2 Å². The van der Waals surface area contributed by atoms with Gasteiger partial charge in [-0.2, -0.15) is 0 Å². The van der Waals surface area contributed by atoms with Crippen LogP contribution >= 0.6 is 0 Å². The van der Waals surface area contributed by atoms with Crippen molar-refractivity contribution >= 4 is 54.9 Å². The van der Waals surface area contributed by atoms with Crippen LogP contribution in [0, 0.1) is 6.92 Å². The Labute approximate surface area is 348 Å². The van der Waals surface area contributed by atoms with Crippen molar-refractivity contribution in [3.8, 4) is 44.8 Å². The molecule has 0 saturated heterocycles. The molecule has 60 heavy (non-hydrogen) atoms. The van der Waals surface area contributed by atoms with Crippen LogP contribution in [0.2, 0.25) is 0 Å². The molecule has 0 fully saturated rings. The van der Waals surface area contributed by atoms with Crippen LogP contribution in [0.15, 0.2) is 206 Å². The third-order valence-corrected chi connectivity index (χ3v) is 12.6. The van der Waals surface area contributed by atoms with Gasteiger partial charge in [0, 0.05) is 49.8 Å². The predicted molar refractivity (Wildman–Crippen MR) is 253 cm³/mol. The molecule has 0 spiro atoms. The molecule has 0 atom stereocenters. The maximum Gasteiger partial charge on any atom is 0.0541 e. The van der Waals surface area contributed by atoms with Crippen molar-refractivity contribution in [3.63, 3.8) is 0 Å². The van der Waals surface area contributed by atoms with Crippen molar-refractivity contribution in [2.75, 3.05) is 0 Å². The van der Waals surface area contributed by atoms with Gasteiger partial charge in [-0.1, -0.05) is 146 Å². The smallest absolute Gasteiger partial charge is 0.0541 e.